The lowest BCUT2D eigenvalue weighted by Gasteiger charge is -2.68. The van der Waals surface area contributed by atoms with Crippen LogP contribution >= 0.6 is 0 Å². The third kappa shape index (κ3) is 9.68. The Morgan fingerprint density at radius 3 is 2.03 bits per heavy atom. The SMILES string of the molecule is CC[Si](CC)(CC)O[C@H]1C[C@H]2OC[C@@]2(OC(C)=O)[C@H]2[C@H](OC(=O)c3ccccc3)[C@]3(O)C[C@H](OC(=O)C4CN(C(=O)/C(C)=C/c5ccccc5)C(c5ccc(OC)cc5)O4)C(C)=C([C@@H](OC(C)=O)C(=O)[C@]12C)C3(C)C. The Morgan fingerprint density at radius 1 is 0.840 bits per heavy atom. The van der Waals surface area contributed by atoms with E-state index in [1.165, 1.54) is 25.9 Å². The predicted molar refractivity (Wildman–Crippen MR) is 277 cm³/mol. The molecule has 2 saturated heterocycles. The molecule has 2 unspecified atom stereocenters. The Kier molecular flexibility index (Phi) is 15.6. The average molecular weight is 1050 g/mol. The van der Waals surface area contributed by atoms with Crippen molar-refractivity contribution in [3.8, 4) is 5.75 Å². The molecule has 16 nitrogen and oxygen atoms in total. The first-order chi connectivity index (χ1) is 35.5. The predicted octanol–water partition coefficient (Wildman–Crippen LogP) is 8.27. The number of carbonyl (C=O) groups is 6. The van der Waals surface area contributed by atoms with E-state index < -0.39 is 121 Å². The minimum absolute atomic E-state index is 0.0903. The van der Waals surface area contributed by atoms with Crippen LogP contribution in [0.5, 0.6) is 5.75 Å². The summed E-state index contributed by atoms with van der Waals surface area (Å²) < 4.78 is 51.3. The Hall–Kier alpha value is -5.98. The van der Waals surface area contributed by atoms with Gasteiger partial charge in [0.2, 0.25) is 0 Å². The van der Waals surface area contributed by atoms with Crippen LogP contribution in [0.3, 0.4) is 0 Å². The number of ketones is 1. The fourth-order valence-electron chi connectivity index (χ4n) is 12.7. The van der Waals surface area contributed by atoms with Crippen LogP contribution in [0.1, 0.15) is 110 Å². The van der Waals surface area contributed by atoms with Crippen LogP contribution in [0.25, 0.3) is 6.08 Å². The van der Waals surface area contributed by atoms with Crippen LogP contribution in [0.15, 0.2) is 102 Å². The molecule has 4 fully saturated rings. The summed E-state index contributed by atoms with van der Waals surface area (Å²) in [5, 5.41) is 14.2. The molecule has 5 aliphatic rings. The Bertz CT molecular complexity index is 2730. The first kappa shape index (κ1) is 55.3. The number of nitrogens with zero attached hydrogens (tertiary/aromatic N) is 1. The van der Waals surface area contributed by atoms with Gasteiger partial charge in [-0.3, -0.25) is 19.2 Å². The maximum Gasteiger partial charge on any atom is 0.338 e. The first-order valence-electron chi connectivity index (χ1n) is 26.0. The van der Waals surface area contributed by atoms with E-state index >= 15 is 4.79 Å². The maximum absolute atomic E-state index is 16.5. The number of carbonyl (C=O) groups excluding carboxylic acids is 6. The second-order valence-electron chi connectivity index (χ2n) is 21.5. The molecule has 2 saturated carbocycles. The molecule has 2 aliphatic heterocycles. The van der Waals surface area contributed by atoms with Crippen molar-refractivity contribution < 1.29 is 71.5 Å². The van der Waals surface area contributed by atoms with Crippen molar-refractivity contribution in [3.63, 3.8) is 0 Å². The molecule has 0 aromatic heterocycles. The van der Waals surface area contributed by atoms with Gasteiger partial charge in [0.05, 0.1) is 43.3 Å². The van der Waals surface area contributed by atoms with E-state index in [0.717, 1.165) is 5.56 Å². The van der Waals surface area contributed by atoms with E-state index in [9.17, 15) is 29.1 Å². The standard InChI is InChI=1S/C58H71NO15Si/c1-12-75(13-2,14-3)74-44-30-45-57(33-68-45,73-37(7)61)48-50(72-53(64)40-23-19-16-20-24-40)58(66)31-42(35(5)46(55(58,8)9)47(69-36(6)60)49(62)56(44,48)10)71-54(65)43-32-59(51(63)34(4)29-38-21-17-15-18-22-38)52(70-43)39-25-27-41(67-11)28-26-39/h15-29,42-45,47-48,50,52,66H,12-14,30-33H2,1-11H3/b34-29+/t42-,43?,44-,45+,47+,48-,50-,52?,56+,57-,58+/m0/s1. The number of esters is 4. The summed E-state index contributed by atoms with van der Waals surface area (Å²) in [5.41, 5.74) is -5.12. The number of amides is 1. The molecule has 402 valence electrons. The van der Waals surface area contributed by atoms with Crippen LogP contribution in [0.4, 0.5) is 0 Å². The van der Waals surface area contributed by atoms with Crippen LogP contribution < -0.4 is 4.74 Å². The number of hydrogen-bond acceptors (Lipinski definition) is 15. The monoisotopic (exact) mass is 1050 g/mol. The van der Waals surface area contributed by atoms with Crippen molar-refractivity contribution in [2.45, 2.75) is 154 Å². The number of rotatable bonds is 15. The molecule has 3 aliphatic carbocycles. The van der Waals surface area contributed by atoms with Gasteiger partial charge in [-0.25, -0.2) is 9.59 Å². The third-order valence-corrected chi connectivity index (χ3v) is 21.8. The van der Waals surface area contributed by atoms with Gasteiger partial charge in [0, 0.05) is 43.2 Å². The highest BCUT2D eigenvalue weighted by Gasteiger charge is 2.79. The van der Waals surface area contributed by atoms with E-state index in [1.807, 2.05) is 30.3 Å². The highest BCUT2D eigenvalue weighted by molar-refractivity contribution is 6.73. The number of fused-ring (bicyclic) bond motifs is 5. The zero-order valence-electron chi connectivity index (χ0n) is 44.8. The molecule has 8 rings (SSSR count). The Labute approximate surface area is 440 Å². The largest absolute Gasteiger partial charge is 0.497 e. The Morgan fingerprint density at radius 2 is 1.47 bits per heavy atom. The minimum atomic E-state index is -2.64. The van der Waals surface area contributed by atoms with Crippen molar-refractivity contribution >= 4 is 50.0 Å². The second-order valence-corrected chi connectivity index (χ2v) is 26.2. The smallest absolute Gasteiger partial charge is 0.338 e. The van der Waals surface area contributed by atoms with E-state index in [-0.39, 0.29) is 30.7 Å². The molecule has 2 bridgehead atoms. The van der Waals surface area contributed by atoms with Crippen molar-refractivity contribution in [1.29, 1.82) is 0 Å². The van der Waals surface area contributed by atoms with Gasteiger partial charge in [0.25, 0.3) is 5.91 Å². The van der Waals surface area contributed by atoms with Gasteiger partial charge in [-0.1, -0.05) is 95.3 Å². The molecule has 3 aromatic rings. The quantitative estimate of drug-likeness (QED) is 0.0501. The summed E-state index contributed by atoms with van der Waals surface area (Å²) in [6.45, 7) is 16.5. The zero-order valence-corrected chi connectivity index (χ0v) is 45.8. The van der Waals surface area contributed by atoms with Gasteiger partial charge in [-0.05, 0) is 86.0 Å². The number of Topliss-reactive ketones (excluding diaryl/α,β-unsaturated/α-hetero) is 1. The van der Waals surface area contributed by atoms with E-state index in [2.05, 4.69) is 20.8 Å². The van der Waals surface area contributed by atoms with E-state index in [4.69, 9.17) is 37.6 Å². The minimum Gasteiger partial charge on any atom is -0.497 e. The number of aliphatic hydroxyl groups is 1. The van der Waals surface area contributed by atoms with Crippen LogP contribution in [0, 0.1) is 16.7 Å². The topological polar surface area (TPSA) is 200 Å². The zero-order chi connectivity index (χ0) is 54.4. The lowest BCUT2D eigenvalue weighted by atomic mass is 9.44. The fourth-order valence-corrected chi connectivity index (χ4v) is 15.6. The normalized spacial score (nSPS) is 31.1. The van der Waals surface area contributed by atoms with Crippen LogP contribution in [-0.2, 0) is 56.8 Å². The highest BCUT2D eigenvalue weighted by atomic mass is 28.4. The molecule has 1 N–H and O–H groups in total. The molecule has 1 amide bonds. The fraction of sp³-hybridized carbons (Fsp3) is 0.517. The third-order valence-electron chi connectivity index (χ3n) is 17.1. The van der Waals surface area contributed by atoms with Crippen molar-refractivity contribution in [3.05, 3.63) is 118 Å². The number of methoxy groups -OCH3 is 1. The average Bonchev–Trinajstić information content (AvgIpc) is 3.84. The van der Waals surface area contributed by atoms with Crippen LogP contribution in [0.2, 0.25) is 18.1 Å². The summed E-state index contributed by atoms with van der Waals surface area (Å²) in [6.07, 6.45) is -7.66. The van der Waals surface area contributed by atoms with Crippen molar-refractivity contribution in [2.24, 2.45) is 16.7 Å². The number of ether oxygens (including phenoxy) is 7. The molecule has 75 heavy (non-hydrogen) atoms. The van der Waals surface area contributed by atoms with Gasteiger partial charge >= 0.3 is 23.9 Å². The van der Waals surface area contributed by atoms with Crippen LogP contribution in [-0.4, -0.2) is 122 Å². The summed E-state index contributed by atoms with van der Waals surface area (Å²) in [6, 6.07) is 26.5. The molecular weight excluding hydrogens is 979 g/mol. The molecule has 0 spiro atoms. The molecule has 2 heterocycles. The van der Waals surface area contributed by atoms with Gasteiger partial charge in [0.1, 0.15) is 29.7 Å². The Balaban J connectivity index is 1.28. The second kappa shape index (κ2) is 21.2. The molecule has 17 heteroatoms. The lowest BCUT2D eigenvalue weighted by Crippen LogP contribution is -2.82. The number of hydrogen-bond donors (Lipinski definition) is 1. The molecule has 3 aromatic carbocycles. The molecule has 11 atom stereocenters. The molecular formula is C58H71NO15Si. The van der Waals surface area contributed by atoms with Gasteiger partial charge in [-0.15, -0.1) is 0 Å². The maximum atomic E-state index is 16.5. The van der Waals surface area contributed by atoms with E-state index in [0.29, 0.717) is 40.6 Å². The molecule has 0 radical (unpaired) electrons. The number of benzene rings is 3. The van der Waals surface area contributed by atoms with Gasteiger partial charge < -0.3 is 47.6 Å². The van der Waals surface area contributed by atoms with Gasteiger partial charge in [-0.2, -0.15) is 0 Å². The summed E-state index contributed by atoms with van der Waals surface area (Å²) in [4.78, 5) is 89.0. The van der Waals surface area contributed by atoms with E-state index in [1.54, 1.807) is 95.3 Å². The van der Waals surface area contributed by atoms with Crippen molar-refractivity contribution in [2.75, 3.05) is 20.3 Å². The van der Waals surface area contributed by atoms with Crippen molar-refractivity contribution in [1.82, 2.24) is 4.90 Å². The summed E-state index contributed by atoms with van der Waals surface area (Å²) >= 11 is 0. The highest BCUT2D eigenvalue weighted by Crippen LogP contribution is 2.65. The summed E-state index contributed by atoms with van der Waals surface area (Å²) in [5.74, 6) is -5.13. The van der Waals surface area contributed by atoms with Gasteiger partial charge in [0.15, 0.2) is 38.1 Å². The summed E-state index contributed by atoms with van der Waals surface area (Å²) in [7, 11) is -1.10. The lowest BCUT2D eigenvalue weighted by molar-refractivity contribution is -0.344. The first-order valence-corrected chi connectivity index (χ1v) is 28.5.